The van der Waals surface area contributed by atoms with Gasteiger partial charge in [0, 0.05) is 5.92 Å². The summed E-state index contributed by atoms with van der Waals surface area (Å²) in [5.41, 5.74) is 0.828. The summed E-state index contributed by atoms with van der Waals surface area (Å²) >= 11 is 5.95. The topological polar surface area (TPSA) is 38.7 Å². The van der Waals surface area contributed by atoms with Gasteiger partial charge in [-0.3, -0.25) is 0 Å². The van der Waals surface area contributed by atoms with Crippen LogP contribution in [0.4, 0.5) is 0 Å². The summed E-state index contributed by atoms with van der Waals surface area (Å²) in [6.45, 7) is 2.63. The van der Waals surface area contributed by atoms with E-state index in [4.69, 9.17) is 21.1 Å². The van der Waals surface area contributed by atoms with Gasteiger partial charge in [0.2, 0.25) is 0 Å². The van der Waals surface area contributed by atoms with Crippen LogP contribution in [-0.2, 0) is 4.74 Å². The number of halogens is 1. The normalized spacial score (nSPS) is 25.9. The lowest BCUT2D eigenvalue weighted by atomic mass is 9.93. The molecule has 1 aliphatic heterocycles. The number of benzene rings is 1. The van der Waals surface area contributed by atoms with Gasteiger partial charge in [0.1, 0.15) is 5.75 Å². The molecule has 17 heavy (non-hydrogen) atoms. The zero-order valence-electron chi connectivity index (χ0n) is 10.0. The van der Waals surface area contributed by atoms with Crippen molar-refractivity contribution in [3.63, 3.8) is 0 Å². The Morgan fingerprint density at radius 1 is 1.53 bits per heavy atom. The fourth-order valence-electron chi connectivity index (χ4n) is 2.20. The van der Waals surface area contributed by atoms with Crippen LogP contribution < -0.4 is 4.74 Å². The molecule has 0 aromatic heterocycles. The molecule has 1 fully saturated rings. The van der Waals surface area contributed by atoms with Crippen LogP contribution in [0.15, 0.2) is 18.2 Å². The van der Waals surface area contributed by atoms with Crippen molar-refractivity contribution in [3.8, 4) is 5.75 Å². The van der Waals surface area contributed by atoms with Gasteiger partial charge in [-0.05, 0) is 31.0 Å². The van der Waals surface area contributed by atoms with Crippen LogP contribution in [0.2, 0.25) is 5.02 Å². The standard InChI is InChI=1S/C13H17ClO3/c1-8-5-10(7-17-8)13(15)9-3-4-11(14)12(6-9)16-2/h3-4,6,8,10,13,15H,5,7H2,1-2H3. The maximum absolute atomic E-state index is 10.3. The van der Waals surface area contributed by atoms with Crippen molar-refractivity contribution in [3.05, 3.63) is 28.8 Å². The summed E-state index contributed by atoms with van der Waals surface area (Å²) in [5.74, 6) is 0.742. The van der Waals surface area contributed by atoms with Crippen LogP contribution in [0.5, 0.6) is 5.75 Å². The third-order valence-corrected chi connectivity index (χ3v) is 3.50. The first-order chi connectivity index (χ1) is 8.11. The third kappa shape index (κ3) is 2.73. The molecule has 3 nitrogen and oxygen atoms in total. The lowest BCUT2D eigenvalue weighted by Crippen LogP contribution is -2.12. The number of rotatable bonds is 3. The first kappa shape index (κ1) is 12.7. The fraction of sp³-hybridized carbons (Fsp3) is 0.538. The minimum atomic E-state index is -0.522. The largest absolute Gasteiger partial charge is 0.495 e. The van der Waals surface area contributed by atoms with Crippen LogP contribution in [0.1, 0.15) is 25.0 Å². The summed E-state index contributed by atoms with van der Waals surface area (Å²) in [6.07, 6.45) is 0.585. The van der Waals surface area contributed by atoms with Gasteiger partial charge in [-0.25, -0.2) is 0 Å². The van der Waals surface area contributed by atoms with Gasteiger partial charge in [-0.2, -0.15) is 0 Å². The number of ether oxygens (including phenoxy) is 2. The van der Waals surface area contributed by atoms with E-state index in [1.807, 2.05) is 13.0 Å². The van der Waals surface area contributed by atoms with Gasteiger partial charge >= 0.3 is 0 Å². The predicted molar refractivity (Wildman–Crippen MR) is 66.5 cm³/mol. The van der Waals surface area contributed by atoms with Crippen LogP contribution in [-0.4, -0.2) is 24.9 Å². The Morgan fingerprint density at radius 2 is 2.29 bits per heavy atom. The molecular weight excluding hydrogens is 240 g/mol. The van der Waals surface area contributed by atoms with Crippen molar-refractivity contribution in [2.75, 3.05) is 13.7 Å². The monoisotopic (exact) mass is 256 g/mol. The summed E-state index contributed by atoms with van der Waals surface area (Å²) in [5, 5.41) is 10.8. The van der Waals surface area contributed by atoms with Crippen molar-refractivity contribution < 1.29 is 14.6 Å². The molecule has 3 unspecified atom stereocenters. The van der Waals surface area contributed by atoms with Crippen molar-refractivity contribution in [1.29, 1.82) is 0 Å². The Kier molecular flexibility index (Phi) is 3.92. The molecule has 0 bridgehead atoms. The molecule has 0 radical (unpaired) electrons. The summed E-state index contributed by atoms with van der Waals surface area (Å²) in [6, 6.07) is 5.37. The van der Waals surface area contributed by atoms with E-state index in [9.17, 15) is 5.11 Å². The highest BCUT2D eigenvalue weighted by Crippen LogP contribution is 2.34. The van der Waals surface area contributed by atoms with Crippen molar-refractivity contribution in [2.24, 2.45) is 5.92 Å². The minimum Gasteiger partial charge on any atom is -0.495 e. The van der Waals surface area contributed by atoms with E-state index >= 15 is 0 Å². The zero-order valence-corrected chi connectivity index (χ0v) is 10.8. The van der Waals surface area contributed by atoms with E-state index in [1.54, 1.807) is 19.2 Å². The predicted octanol–water partition coefficient (Wildman–Crippen LogP) is 2.81. The van der Waals surface area contributed by atoms with Crippen molar-refractivity contribution >= 4 is 11.6 Å². The highest BCUT2D eigenvalue weighted by molar-refractivity contribution is 6.32. The third-order valence-electron chi connectivity index (χ3n) is 3.19. The SMILES string of the molecule is COc1cc(C(O)C2COC(C)C2)ccc1Cl. The molecule has 1 heterocycles. The van der Waals surface area contributed by atoms with E-state index in [-0.39, 0.29) is 12.0 Å². The average molecular weight is 257 g/mol. The summed E-state index contributed by atoms with van der Waals surface area (Å²) < 4.78 is 10.6. The zero-order chi connectivity index (χ0) is 12.4. The Hall–Kier alpha value is -0.770. The first-order valence-electron chi connectivity index (χ1n) is 5.75. The van der Waals surface area contributed by atoms with Crippen molar-refractivity contribution in [2.45, 2.75) is 25.6 Å². The maximum Gasteiger partial charge on any atom is 0.137 e. The fourth-order valence-corrected chi connectivity index (χ4v) is 2.40. The van der Waals surface area contributed by atoms with Gasteiger partial charge in [0.15, 0.2) is 0 Å². The van der Waals surface area contributed by atoms with Crippen LogP contribution in [0.25, 0.3) is 0 Å². The lowest BCUT2D eigenvalue weighted by molar-refractivity contribution is 0.0803. The first-order valence-corrected chi connectivity index (χ1v) is 6.12. The number of methoxy groups -OCH3 is 1. The van der Waals surface area contributed by atoms with E-state index in [0.717, 1.165) is 12.0 Å². The Morgan fingerprint density at radius 3 is 2.88 bits per heavy atom. The molecule has 94 valence electrons. The Labute approximate surface area is 106 Å². The van der Waals surface area contributed by atoms with Gasteiger partial charge in [0.05, 0.1) is 30.9 Å². The Balaban J connectivity index is 2.16. The molecule has 0 saturated carbocycles. The van der Waals surface area contributed by atoms with E-state index in [1.165, 1.54) is 0 Å². The van der Waals surface area contributed by atoms with Gasteiger partial charge in [-0.15, -0.1) is 0 Å². The molecular formula is C13H17ClO3. The molecule has 1 saturated heterocycles. The summed E-state index contributed by atoms with van der Waals surface area (Å²) in [4.78, 5) is 0. The molecule has 1 N–H and O–H groups in total. The number of hydrogen-bond acceptors (Lipinski definition) is 3. The molecule has 3 atom stereocenters. The second-order valence-corrected chi connectivity index (χ2v) is 4.89. The highest BCUT2D eigenvalue weighted by Gasteiger charge is 2.29. The number of aliphatic hydroxyl groups is 1. The van der Waals surface area contributed by atoms with E-state index < -0.39 is 6.10 Å². The molecule has 4 heteroatoms. The molecule has 2 rings (SSSR count). The molecule has 0 amide bonds. The van der Waals surface area contributed by atoms with Crippen LogP contribution >= 0.6 is 11.6 Å². The quantitative estimate of drug-likeness (QED) is 0.904. The smallest absolute Gasteiger partial charge is 0.137 e. The van der Waals surface area contributed by atoms with Crippen LogP contribution in [0, 0.1) is 5.92 Å². The molecule has 1 aliphatic rings. The van der Waals surface area contributed by atoms with Crippen molar-refractivity contribution in [1.82, 2.24) is 0 Å². The molecule has 0 spiro atoms. The maximum atomic E-state index is 10.3. The average Bonchev–Trinajstić information content (AvgIpc) is 2.75. The molecule has 1 aromatic carbocycles. The van der Waals surface area contributed by atoms with E-state index in [0.29, 0.717) is 17.4 Å². The van der Waals surface area contributed by atoms with Crippen LogP contribution in [0.3, 0.4) is 0 Å². The van der Waals surface area contributed by atoms with E-state index in [2.05, 4.69) is 0 Å². The molecule has 0 aliphatic carbocycles. The number of hydrogen-bond donors (Lipinski definition) is 1. The lowest BCUT2D eigenvalue weighted by Gasteiger charge is -2.18. The van der Waals surface area contributed by atoms with Gasteiger partial charge in [0.25, 0.3) is 0 Å². The highest BCUT2D eigenvalue weighted by atomic mass is 35.5. The van der Waals surface area contributed by atoms with Gasteiger partial charge in [-0.1, -0.05) is 17.7 Å². The molecule has 1 aromatic rings. The number of aliphatic hydroxyl groups excluding tert-OH is 1. The summed E-state index contributed by atoms with van der Waals surface area (Å²) in [7, 11) is 1.57. The Bertz CT molecular complexity index is 394. The second-order valence-electron chi connectivity index (χ2n) is 4.48. The van der Waals surface area contributed by atoms with Gasteiger partial charge < -0.3 is 14.6 Å². The minimum absolute atomic E-state index is 0.149. The second kappa shape index (κ2) is 5.25.